The molecule has 0 saturated carbocycles. The summed E-state index contributed by atoms with van der Waals surface area (Å²) >= 11 is 5.24. The molecule has 0 saturated heterocycles. The van der Waals surface area contributed by atoms with E-state index in [1.807, 2.05) is 66.7 Å². The number of carbonyl (C=O) groups is 2. The van der Waals surface area contributed by atoms with E-state index < -0.39 is 0 Å². The van der Waals surface area contributed by atoms with E-state index in [1.54, 1.807) is 25.1 Å². The van der Waals surface area contributed by atoms with Gasteiger partial charge in [0, 0.05) is 32.3 Å². The molecule has 0 heterocycles. The van der Waals surface area contributed by atoms with E-state index in [2.05, 4.69) is 10.6 Å². The summed E-state index contributed by atoms with van der Waals surface area (Å²) in [7, 11) is 3.50. The molecule has 3 aromatic rings. The van der Waals surface area contributed by atoms with E-state index in [9.17, 15) is 9.59 Å². The Morgan fingerprint density at radius 1 is 0.968 bits per heavy atom. The Bertz CT molecular complexity index is 1120. The number of benzene rings is 3. The highest BCUT2D eigenvalue weighted by Crippen LogP contribution is 2.19. The number of fused-ring (bicyclic) bond motifs is 1. The molecule has 31 heavy (non-hydrogen) atoms. The number of aryl methyl sites for hydroxylation is 1. The van der Waals surface area contributed by atoms with E-state index in [0.717, 1.165) is 27.6 Å². The predicted molar refractivity (Wildman–Crippen MR) is 131 cm³/mol. The SMILES string of the molecule is CN(C)C(=O)CCc1ccc(NC(=S)NC(=O)/C=C/c2cccc3ccccc23)cc1. The molecule has 2 N–H and O–H groups in total. The first kappa shape index (κ1) is 22.2. The van der Waals surface area contributed by atoms with Gasteiger partial charge in [-0.1, -0.05) is 54.6 Å². The second-order valence-electron chi connectivity index (χ2n) is 7.33. The van der Waals surface area contributed by atoms with Gasteiger partial charge in [-0.15, -0.1) is 0 Å². The van der Waals surface area contributed by atoms with Gasteiger partial charge in [0.2, 0.25) is 11.8 Å². The summed E-state index contributed by atoms with van der Waals surface area (Å²) in [6.07, 6.45) is 4.40. The van der Waals surface area contributed by atoms with Gasteiger partial charge in [0.1, 0.15) is 0 Å². The fourth-order valence-corrected chi connectivity index (χ4v) is 3.33. The van der Waals surface area contributed by atoms with Crippen molar-refractivity contribution in [3.8, 4) is 0 Å². The van der Waals surface area contributed by atoms with Gasteiger partial charge in [-0.2, -0.15) is 0 Å². The zero-order chi connectivity index (χ0) is 22.2. The van der Waals surface area contributed by atoms with Gasteiger partial charge in [0.15, 0.2) is 5.11 Å². The first-order valence-electron chi connectivity index (χ1n) is 9.99. The number of anilines is 1. The molecule has 158 valence electrons. The molecular formula is C25H25N3O2S. The molecule has 6 heteroatoms. The van der Waals surface area contributed by atoms with E-state index >= 15 is 0 Å². The third-order valence-electron chi connectivity index (χ3n) is 4.81. The first-order valence-corrected chi connectivity index (χ1v) is 10.4. The van der Waals surface area contributed by atoms with Gasteiger partial charge >= 0.3 is 0 Å². The summed E-state index contributed by atoms with van der Waals surface area (Å²) in [4.78, 5) is 25.5. The van der Waals surface area contributed by atoms with Gasteiger partial charge in [0.05, 0.1) is 0 Å². The van der Waals surface area contributed by atoms with Crippen LogP contribution in [0, 0.1) is 0 Å². The third-order valence-corrected chi connectivity index (χ3v) is 5.02. The van der Waals surface area contributed by atoms with Crippen molar-refractivity contribution in [3.05, 3.63) is 83.9 Å². The van der Waals surface area contributed by atoms with Crippen LogP contribution in [0.5, 0.6) is 0 Å². The van der Waals surface area contributed by atoms with Crippen molar-refractivity contribution in [2.75, 3.05) is 19.4 Å². The van der Waals surface area contributed by atoms with Crippen molar-refractivity contribution >= 4 is 51.7 Å². The van der Waals surface area contributed by atoms with Crippen molar-refractivity contribution in [1.29, 1.82) is 0 Å². The Labute approximate surface area is 187 Å². The van der Waals surface area contributed by atoms with E-state index in [0.29, 0.717) is 12.8 Å². The summed E-state index contributed by atoms with van der Waals surface area (Å²) in [5.74, 6) is -0.202. The lowest BCUT2D eigenvalue weighted by molar-refractivity contribution is -0.128. The normalized spacial score (nSPS) is 10.8. The standard InChI is InChI=1S/C25H25N3O2S/c1-28(2)24(30)17-12-18-10-14-21(15-11-18)26-25(31)27-23(29)16-13-20-8-5-7-19-6-3-4-9-22(19)20/h3-11,13-16H,12,17H2,1-2H3,(H2,26,27,29,31)/b16-13+. The van der Waals surface area contributed by atoms with E-state index in [1.165, 1.54) is 6.08 Å². The van der Waals surface area contributed by atoms with Crippen molar-refractivity contribution in [2.24, 2.45) is 0 Å². The molecule has 5 nitrogen and oxygen atoms in total. The Hall–Kier alpha value is -3.51. The van der Waals surface area contributed by atoms with Crippen LogP contribution in [0.4, 0.5) is 5.69 Å². The van der Waals surface area contributed by atoms with Crippen molar-refractivity contribution < 1.29 is 9.59 Å². The lowest BCUT2D eigenvalue weighted by atomic mass is 10.0. The summed E-state index contributed by atoms with van der Waals surface area (Å²) < 4.78 is 0. The summed E-state index contributed by atoms with van der Waals surface area (Å²) in [5, 5.41) is 8.09. The molecule has 0 bridgehead atoms. The number of nitrogens with zero attached hydrogens (tertiary/aromatic N) is 1. The van der Waals surface area contributed by atoms with Gasteiger partial charge in [0.25, 0.3) is 0 Å². The van der Waals surface area contributed by atoms with Crippen LogP contribution in [-0.2, 0) is 16.0 Å². The zero-order valence-electron chi connectivity index (χ0n) is 17.6. The monoisotopic (exact) mass is 431 g/mol. The number of nitrogens with one attached hydrogen (secondary N) is 2. The first-order chi connectivity index (χ1) is 14.9. The second-order valence-corrected chi connectivity index (χ2v) is 7.74. The van der Waals surface area contributed by atoms with Crippen molar-refractivity contribution in [2.45, 2.75) is 12.8 Å². The zero-order valence-corrected chi connectivity index (χ0v) is 18.4. The average Bonchev–Trinajstić information content (AvgIpc) is 2.76. The second kappa shape index (κ2) is 10.5. The van der Waals surface area contributed by atoms with Crippen LogP contribution in [0.15, 0.2) is 72.8 Å². The molecule has 0 spiro atoms. The average molecular weight is 432 g/mol. The Balaban J connectivity index is 1.52. The predicted octanol–water partition coefficient (Wildman–Crippen LogP) is 4.39. The van der Waals surface area contributed by atoms with E-state index in [4.69, 9.17) is 12.2 Å². The molecule has 2 amide bonds. The lowest BCUT2D eigenvalue weighted by Gasteiger charge is -2.11. The highest BCUT2D eigenvalue weighted by atomic mass is 32.1. The topological polar surface area (TPSA) is 61.4 Å². The van der Waals surface area contributed by atoms with Crippen LogP contribution in [-0.4, -0.2) is 35.9 Å². The van der Waals surface area contributed by atoms with Crippen molar-refractivity contribution in [3.63, 3.8) is 0 Å². The lowest BCUT2D eigenvalue weighted by Crippen LogP contribution is -2.32. The fraction of sp³-hybridized carbons (Fsp3) is 0.160. The van der Waals surface area contributed by atoms with Crippen LogP contribution >= 0.6 is 12.2 Å². The van der Waals surface area contributed by atoms with Crippen LogP contribution in [0.1, 0.15) is 17.5 Å². The van der Waals surface area contributed by atoms with Gasteiger partial charge < -0.3 is 10.2 Å². The van der Waals surface area contributed by atoms with Gasteiger partial charge in [-0.05, 0) is 58.7 Å². The highest BCUT2D eigenvalue weighted by molar-refractivity contribution is 7.80. The number of hydrogen-bond donors (Lipinski definition) is 2. The third kappa shape index (κ3) is 6.49. The molecule has 3 rings (SSSR count). The maximum absolute atomic E-state index is 12.2. The largest absolute Gasteiger partial charge is 0.349 e. The molecule has 0 aliphatic rings. The number of amides is 2. The number of rotatable bonds is 6. The van der Waals surface area contributed by atoms with Gasteiger partial charge in [-0.25, -0.2) is 0 Å². The number of carbonyl (C=O) groups excluding carboxylic acids is 2. The molecule has 3 aromatic carbocycles. The Kier molecular flexibility index (Phi) is 7.51. The Morgan fingerprint density at radius 3 is 2.42 bits per heavy atom. The molecule has 0 unspecified atom stereocenters. The Morgan fingerprint density at radius 2 is 1.68 bits per heavy atom. The highest BCUT2D eigenvalue weighted by Gasteiger charge is 2.06. The molecule has 0 atom stereocenters. The minimum absolute atomic E-state index is 0.0997. The summed E-state index contributed by atoms with van der Waals surface area (Å²) in [6, 6.07) is 21.6. The van der Waals surface area contributed by atoms with Crippen LogP contribution in [0.3, 0.4) is 0 Å². The molecule has 0 aromatic heterocycles. The molecule has 0 fully saturated rings. The minimum Gasteiger partial charge on any atom is -0.349 e. The molecule has 0 aliphatic carbocycles. The maximum Gasteiger partial charge on any atom is 0.250 e. The summed E-state index contributed by atoms with van der Waals surface area (Å²) in [5.41, 5.74) is 2.80. The molecular weight excluding hydrogens is 406 g/mol. The maximum atomic E-state index is 12.2. The molecule has 0 radical (unpaired) electrons. The van der Waals surface area contributed by atoms with Crippen molar-refractivity contribution in [1.82, 2.24) is 10.2 Å². The van der Waals surface area contributed by atoms with E-state index in [-0.39, 0.29) is 16.9 Å². The molecule has 0 aliphatic heterocycles. The van der Waals surface area contributed by atoms with Crippen LogP contribution in [0.2, 0.25) is 0 Å². The minimum atomic E-state index is -0.302. The fourth-order valence-electron chi connectivity index (χ4n) is 3.11. The quantitative estimate of drug-likeness (QED) is 0.449. The van der Waals surface area contributed by atoms with Crippen LogP contribution < -0.4 is 10.6 Å². The summed E-state index contributed by atoms with van der Waals surface area (Å²) in [6.45, 7) is 0. The van der Waals surface area contributed by atoms with Gasteiger partial charge in [-0.3, -0.25) is 14.9 Å². The number of hydrogen-bond acceptors (Lipinski definition) is 3. The van der Waals surface area contributed by atoms with Crippen LogP contribution in [0.25, 0.3) is 16.8 Å². The smallest absolute Gasteiger partial charge is 0.250 e. The number of thiocarbonyl (C=S) groups is 1.